The summed E-state index contributed by atoms with van der Waals surface area (Å²) in [5.41, 5.74) is 7.95. The van der Waals surface area contributed by atoms with Crippen molar-refractivity contribution in [1.82, 2.24) is 10.5 Å². The van der Waals surface area contributed by atoms with E-state index in [2.05, 4.69) is 46.1 Å². The van der Waals surface area contributed by atoms with Crippen LogP contribution in [0.1, 0.15) is 35.4 Å². The molecule has 2 N–H and O–H groups in total. The number of amides is 1. The minimum atomic E-state index is -0.552. The first-order chi connectivity index (χ1) is 18.0. The van der Waals surface area contributed by atoms with Gasteiger partial charge in [0.25, 0.3) is 0 Å². The van der Waals surface area contributed by atoms with Crippen LogP contribution >= 0.6 is 0 Å². The number of anilines is 1. The zero-order chi connectivity index (χ0) is 26.2. The van der Waals surface area contributed by atoms with E-state index >= 15 is 0 Å². The van der Waals surface area contributed by atoms with Crippen molar-refractivity contribution in [3.05, 3.63) is 95.2 Å². The molecule has 1 aliphatic rings. The summed E-state index contributed by atoms with van der Waals surface area (Å²) in [6.45, 7) is 5.58. The second kappa shape index (κ2) is 11.9. The monoisotopic (exact) mass is 497 g/mol. The summed E-state index contributed by atoms with van der Waals surface area (Å²) in [5, 5.41) is 10.3. The van der Waals surface area contributed by atoms with E-state index < -0.39 is 6.09 Å². The van der Waals surface area contributed by atoms with Gasteiger partial charge in [-0.2, -0.15) is 9.59 Å². The molecule has 4 aromatic rings. The fourth-order valence-electron chi connectivity index (χ4n) is 4.27. The average Bonchev–Trinajstić information content (AvgIpc) is 3.29. The number of rotatable bonds is 5. The van der Waals surface area contributed by atoms with Gasteiger partial charge in [-0.15, -0.1) is 0 Å². The Labute approximate surface area is 214 Å². The summed E-state index contributed by atoms with van der Waals surface area (Å²) in [4.78, 5) is 28.8. The average molecular weight is 498 g/mol. The van der Waals surface area contributed by atoms with Crippen molar-refractivity contribution < 1.29 is 23.6 Å². The van der Waals surface area contributed by atoms with Crippen LogP contribution < -0.4 is 10.6 Å². The third kappa shape index (κ3) is 6.19. The standard InChI is InChI=1S/C28H27N3O3.CO2/c1-18-26(30-28(32)33-19(2)20-6-4-3-5-7-20)27(34-31-18)22-10-8-21(9-11-22)23-12-13-25-17-29-15-14-24(25)16-23;2-1-3/h3-13,16,19,29H,14-15,17H2,1-2H3,(H,30,32);. The van der Waals surface area contributed by atoms with Gasteiger partial charge < -0.3 is 14.6 Å². The number of hydrogen-bond acceptors (Lipinski definition) is 7. The molecule has 5 rings (SSSR count). The molecule has 188 valence electrons. The number of nitrogens with one attached hydrogen (secondary N) is 2. The molecule has 8 heteroatoms. The molecule has 8 nitrogen and oxygen atoms in total. The van der Waals surface area contributed by atoms with E-state index in [1.807, 2.05) is 49.4 Å². The Balaban J connectivity index is 0.00000102. The molecule has 1 aromatic heterocycles. The molecule has 37 heavy (non-hydrogen) atoms. The predicted octanol–water partition coefficient (Wildman–Crippen LogP) is 5.69. The highest BCUT2D eigenvalue weighted by atomic mass is 16.6. The van der Waals surface area contributed by atoms with Gasteiger partial charge in [-0.3, -0.25) is 5.32 Å². The van der Waals surface area contributed by atoms with Gasteiger partial charge in [0, 0.05) is 12.1 Å². The van der Waals surface area contributed by atoms with Crippen molar-refractivity contribution in [2.75, 3.05) is 11.9 Å². The fourth-order valence-corrected chi connectivity index (χ4v) is 4.27. The van der Waals surface area contributed by atoms with Crippen molar-refractivity contribution in [2.45, 2.75) is 32.9 Å². The zero-order valence-corrected chi connectivity index (χ0v) is 20.6. The van der Waals surface area contributed by atoms with Crippen molar-refractivity contribution in [3.8, 4) is 22.5 Å². The minimum Gasteiger partial charge on any atom is -0.441 e. The number of aryl methyl sites for hydroxylation is 1. The summed E-state index contributed by atoms with van der Waals surface area (Å²) in [5.74, 6) is 0.505. The molecule has 1 amide bonds. The SMILES string of the molecule is Cc1noc(-c2ccc(-c3ccc4c(c3)CCNC4)cc2)c1NC(=O)OC(C)c1ccccc1.O=C=O. The normalized spacial score (nSPS) is 12.8. The quantitative estimate of drug-likeness (QED) is 0.364. The number of nitrogens with zero attached hydrogens (tertiary/aromatic N) is 1. The van der Waals surface area contributed by atoms with Crippen molar-refractivity contribution in [1.29, 1.82) is 0 Å². The number of carbonyl (C=O) groups excluding carboxylic acids is 3. The van der Waals surface area contributed by atoms with Crippen LogP contribution in [-0.2, 0) is 27.3 Å². The Morgan fingerprint density at radius 3 is 2.41 bits per heavy atom. The summed E-state index contributed by atoms with van der Waals surface area (Å²) in [7, 11) is 0. The minimum absolute atomic E-state index is 0.250. The van der Waals surface area contributed by atoms with E-state index in [0.717, 1.165) is 36.2 Å². The molecule has 0 saturated heterocycles. The number of benzene rings is 3. The van der Waals surface area contributed by atoms with Crippen molar-refractivity contribution in [3.63, 3.8) is 0 Å². The lowest BCUT2D eigenvalue weighted by Gasteiger charge is -2.18. The lowest BCUT2D eigenvalue weighted by molar-refractivity contribution is -0.191. The van der Waals surface area contributed by atoms with E-state index in [1.54, 1.807) is 6.92 Å². The van der Waals surface area contributed by atoms with E-state index in [-0.39, 0.29) is 12.3 Å². The van der Waals surface area contributed by atoms with E-state index in [4.69, 9.17) is 18.8 Å². The summed E-state index contributed by atoms with van der Waals surface area (Å²) in [6.07, 6.45) is 0.368. The molecular weight excluding hydrogens is 470 g/mol. The molecule has 2 heterocycles. The topological polar surface area (TPSA) is 111 Å². The van der Waals surface area contributed by atoms with Crippen LogP contribution in [0.3, 0.4) is 0 Å². The molecule has 0 spiro atoms. The Bertz CT molecular complexity index is 1390. The molecule has 1 unspecified atom stereocenters. The Hall–Kier alpha value is -4.52. The number of carbonyl (C=O) groups is 1. The molecule has 1 atom stereocenters. The first-order valence-corrected chi connectivity index (χ1v) is 11.9. The molecule has 0 saturated carbocycles. The van der Waals surface area contributed by atoms with Gasteiger partial charge in [-0.25, -0.2) is 4.79 Å². The molecule has 1 aliphatic heterocycles. The predicted molar refractivity (Wildman–Crippen MR) is 137 cm³/mol. The van der Waals surface area contributed by atoms with Gasteiger partial charge in [0.15, 0.2) is 5.76 Å². The van der Waals surface area contributed by atoms with Crippen LogP contribution in [0, 0.1) is 6.92 Å². The van der Waals surface area contributed by atoms with E-state index in [1.165, 1.54) is 16.7 Å². The van der Waals surface area contributed by atoms with Crippen LogP contribution in [0.4, 0.5) is 10.5 Å². The van der Waals surface area contributed by atoms with Crippen LogP contribution in [-0.4, -0.2) is 23.9 Å². The number of aromatic nitrogens is 1. The second-order valence-electron chi connectivity index (χ2n) is 8.63. The van der Waals surface area contributed by atoms with Crippen LogP contribution in [0.15, 0.2) is 77.3 Å². The largest absolute Gasteiger partial charge is 0.441 e. The maximum absolute atomic E-state index is 12.6. The molecule has 0 radical (unpaired) electrons. The maximum atomic E-state index is 12.6. The van der Waals surface area contributed by atoms with Crippen LogP contribution in [0.2, 0.25) is 0 Å². The molecule has 0 bridgehead atoms. The van der Waals surface area contributed by atoms with Gasteiger partial charge in [0.1, 0.15) is 17.5 Å². The van der Waals surface area contributed by atoms with Gasteiger partial charge in [-0.1, -0.05) is 78.0 Å². The van der Waals surface area contributed by atoms with Crippen LogP contribution in [0.25, 0.3) is 22.5 Å². The Morgan fingerprint density at radius 1 is 1.00 bits per heavy atom. The summed E-state index contributed by atoms with van der Waals surface area (Å²) >= 11 is 0. The second-order valence-corrected chi connectivity index (χ2v) is 8.63. The number of ether oxygens (including phenoxy) is 1. The molecule has 0 fully saturated rings. The van der Waals surface area contributed by atoms with Crippen LogP contribution in [0.5, 0.6) is 0 Å². The zero-order valence-electron chi connectivity index (χ0n) is 20.6. The summed E-state index contributed by atoms with van der Waals surface area (Å²) in [6, 6.07) is 24.4. The maximum Gasteiger partial charge on any atom is 0.412 e. The first kappa shape index (κ1) is 25.6. The highest BCUT2D eigenvalue weighted by Gasteiger charge is 2.20. The Kier molecular flexibility index (Phi) is 8.26. The number of hydrogen-bond donors (Lipinski definition) is 2. The lowest BCUT2D eigenvalue weighted by atomic mass is 9.95. The van der Waals surface area contributed by atoms with Crippen molar-refractivity contribution in [2.24, 2.45) is 0 Å². The van der Waals surface area contributed by atoms with Gasteiger partial charge in [-0.05, 0) is 54.6 Å². The first-order valence-electron chi connectivity index (χ1n) is 11.9. The molecule has 3 aromatic carbocycles. The third-order valence-electron chi connectivity index (χ3n) is 6.22. The van der Waals surface area contributed by atoms with Gasteiger partial charge >= 0.3 is 12.2 Å². The lowest BCUT2D eigenvalue weighted by Crippen LogP contribution is -2.23. The third-order valence-corrected chi connectivity index (χ3v) is 6.22. The van der Waals surface area contributed by atoms with Gasteiger partial charge in [0.05, 0.1) is 0 Å². The van der Waals surface area contributed by atoms with Gasteiger partial charge in [0.2, 0.25) is 0 Å². The van der Waals surface area contributed by atoms with E-state index in [0.29, 0.717) is 17.1 Å². The highest BCUT2D eigenvalue weighted by Crippen LogP contribution is 2.33. The fraction of sp³-hybridized carbons (Fsp3) is 0.207. The Morgan fingerprint density at radius 2 is 1.68 bits per heavy atom. The van der Waals surface area contributed by atoms with Crippen molar-refractivity contribution >= 4 is 17.9 Å². The summed E-state index contributed by atoms with van der Waals surface area (Å²) < 4.78 is 11.1. The highest BCUT2D eigenvalue weighted by molar-refractivity contribution is 5.91. The molecule has 0 aliphatic carbocycles. The number of fused-ring (bicyclic) bond motifs is 1. The molecular formula is C29H27N3O5. The smallest absolute Gasteiger partial charge is 0.412 e. The van der Waals surface area contributed by atoms with E-state index in [9.17, 15) is 4.79 Å².